The number of aromatic nitrogens is 1. The van der Waals surface area contributed by atoms with Crippen LogP contribution in [0.2, 0.25) is 0 Å². The molecule has 1 aliphatic rings. The average molecular weight is 412 g/mol. The molecule has 158 valence electrons. The summed E-state index contributed by atoms with van der Waals surface area (Å²) in [4.78, 5) is 31.0. The van der Waals surface area contributed by atoms with E-state index >= 15 is 0 Å². The summed E-state index contributed by atoms with van der Waals surface area (Å²) < 4.78 is 10.7. The van der Waals surface area contributed by atoms with Gasteiger partial charge >= 0.3 is 0 Å². The van der Waals surface area contributed by atoms with Crippen LogP contribution in [0.5, 0.6) is 5.75 Å². The van der Waals surface area contributed by atoms with E-state index in [-0.39, 0.29) is 37.7 Å². The molecule has 30 heavy (non-hydrogen) atoms. The SMILES string of the molecule is CCOc1ccc(/C(O)=C2\C(=O)C(=O)N(CCOCCO)C2c2cccnc2)cc1. The summed E-state index contributed by atoms with van der Waals surface area (Å²) in [6.07, 6.45) is 3.15. The molecule has 1 aliphatic heterocycles. The van der Waals surface area contributed by atoms with E-state index < -0.39 is 17.7 Å². The number of aliphatic hydroxyl groups is 2. The minimum Gasteiger partial charge on any atom is -0.507 e. The highest BCUT2D eigenvalue weighted by Crippen LogP contribution is 2.39. The van der Waals surface area contributed by atoms with Gasteiger partial charge in [-0.25, -0.2) is 0 Å². The quantitative estimate of drug-likeness (QED) is 0.280. The van der Waals surface area contributed by atoms with E-state index in [1.807, 2.05) is 6.92 Å². The van der Waals surface area contributed by atoms with Crippen LogP contribution in [0.3, 0.4) is 0 Å². The predicted molar refractivity (Wildman–Crippen MR) is 109 cm³/mol. The Morgan fingerprint density at radius 1 is 1.17 bits per heavy atom. The summed E-state index contributed by atoms with van der Waals surface area (Å²) >= 11 is 0. The number of hydrogen-bond acceptors (Lipinski definition) is 7. The second kappa shape index (κ2) is 10.00. The maximum absolute atomic E-state index is 12.8. The molecule has 1 unspecified atom stereocenters. The molecule has 2 aromatic rings. The van der Waals surface area contributed by atoms with E-state index in [4.69, 9.17) is 14.6 Å². The first-order chi connectivity index (χ1) is 14.6. The molecular formula is C22H24N2O6. The fraction of sp³-hybridized carbons (Fsp3) is 0.318. The first-order valence-electron chi connectivity index (χ1n) is 9.68. The number of rotatable bonds is 9. The summed E-state index contributed by atoms with van der Waals surface area (Å²) in [6, 6.07) is 9.32. The van der Waals surface area contributed by atoms with Crippen molar-refractivity contribution in [3.63, 3.8) is 0 Å². The summed E-state index contributed by atoms with van der Waals surface area (Å²) in [5.74, 6) is -1.11. The van der Waals surface area contributed by atoms with Crippen LogP contribution in [-0.4, -0.2) is 64.8 Å². The lowest BCUT2D eigenvalue weighted by atomic mass is 9.96. The summed E-state index contributed by atoms with van der Waals surface area (Å²) in [6.45, 7) is 2.65. The van der Waals surface area contributed by atoms with Gasteiger partial charge in [0, 0.05) is 24.5 Å². The normalized spacial score (nSPS) is 18.1. The Kier molecular flexibility index (Phi) is 7.16. The van der Waals surface area contributed by atoms with Gasteiger partial charge in [0.2, 0.25) is 0 Å². The fourth-order valence-corrected chi connectivity index (χ4v) is 3.36. The van der Waals surface area contributed by atoms with E-state index in [0.717, 1.165) is 0 Å². The maximum atomic E-state index is 12.8. The van der Waals surface area contributed by atoms with Gasteiger partial charge in [-0.3, -0.25) is 14.6 Å². The van der Waals surface area contributed by atoms with Gasteiger partial charge in [0.05, 0.1) is 38.0 Å². The van der Waals surface area contributed by atoms with Gasteiger partial charge in [-0.05, 0) is 42.8 Å². The Hall–Kier alpha value is -3.23. The van der Waals surface area contributed by atoms with Gasteiger partial charge in [0.1, 0.15) is 11.5 Å². The van der Waals surface area contributed by atoms with Crippen LogP contribution >= 0.6 is 0 Å². The molecule has 1 amide bonds. The molecule has 0 bridgehead atoms. The number of aliphatic hydroxyl groups excluding tert-OH is 2. The van der Waals surface area contributed by atoms with Gasteiger partial charge in [-0.1, -0.05) is 6.07 Å². The molecular weight excluding hydrogens is 388 g/mol. The summed E-state index contributed by atoms with van der Waals surface area (Å²) in [5.41, 5.74) is 1.01. The molecule has 1 aromatic heterocycles. The number of benzene rings is 1. The first kappa shape index (κ1) is 21.5. The van der Waals surface area contributed by atoms with Crippen LogP contribution in [0.15, 0.2) is 54.4 Å². The summed E-state index contributed by atoms with van der Waals surface area (Å²) in [7, 11) is 0. The zero-order chi connectivity index (χ0) is 21.5. The Bertz CT molecular complexity index is 911. The minimum absolute atomic E-state index is 0.000631. The first-order valence-corrected chi connectivity index (χ1v) is 9.68. The van der Waals surface area contributed by atoms with Crippen LogP contribution in [0.1, 0.15) is 24.1 Å². The lowest BCUT2D eigenvalue weighted by Crippen LogP contribution is -2.33. The molecule has 3 rings (SSSR count). The van der Waals surface area contributed by atoms with Crippen molar-refractivity contribution in [3.05, 3.63) is 65.5 Å². The highest BCUT2D eigenvalue weighted by Gasteiger charge is 2.45. The maximum Gasteiger partial charge on any atom is 0.295 e. The number of ketones is 1. The Morgan fingerprint density at radius 2 is 1.93 bits per heavy atom. The van der Waals surface area contributed by atoms with E-state index in [0.29, 0.717) is 23.5 Å². The summed E-state index contributed by atoms with van der Waals surface area (Å²) in [5, 5.41) is 19.8. The number of nitrogens with zero attached hydrogens (tertiary/aromatic N) is 2. The Balaban J connectivity index is 2.00. The molecule has 0 aliphatic carbocycles. The van der Waals surface area contributed by atoms with E-state index in [1.165, 1.54) is 4.90 Å². The van der Waals surface area contributed by atoms with Gasteiger partial charge < -0.3 is 24.6 Å². The van der Waals surface area contributed by atoms with Crippen molar-refractivity contribution in [2.24, 2.45) is 0 Å². The Labute approximate surface area is 174 Å². The highest BCUT2D eigenvalue weighted by molar-refractivity contribution is 6.46. The van der Waals surface area contributed by atoms with Gasteiger partial charge in [0.25, 0.3) is 11.7 Å². The van der Waals surface area contributed by atoms with Crippen LogP contribution in [0.25, 0.3) is 5.76 Å². The molecule has 1 fully saturated rings. The van der Waals surface area contributed by atoms with Crippen molar-refractivity contribution < 1.29 is 29.3 Å². The number of ether oxygens (including phenoxy) is 2. The number of pyridine rings is 1. The number of carbonyl (C=O) groups is 2. The smallest absolute Gasteiger partial charge is 0.295 e. The highest BCUT2D eigenvalue weighted by atomic mass is 16.5. The van der Waals surface area contributed by atoms with Crippen molar-refractivity contribution in [1.82, 2.24) is 9.88 Å². The largest absolute Gasteiger partial charge is 0.507 e. The molecule has 0 radical (unpaired) electrons. The molecule has 2 heterocycles. The van der Waals surface area contributed by atoms with E-state index in [1.54, 1.807) is 48.8 Å². The number of Topliss-reactive ketones (excluding diaryl/α,β-unsaturated/α-hetero) is 1. The van der Waals surface area contributed by atoms with Crippen LogP contribution in [0.4, 0.5) is 0 Å². The molecule has 8 heteroatoms. The van der Waals surface area contributed by atoms with Crippen LogP contribution in [-0.2, 0) is 14.3 Å². The standard InChI is InChI=1S/C22H24N2O6/c1-2-30-17-7-5-15(6-8-17)20(26)18-19(16-4-3-9-23-14-16)24(22(28)21(18)27)10-12-29-13-11-25/h3-9,14,19,25-26H,2,10-13H2,1H3/b20-18+. The van der Waals surface area contributed by atoms with Crippen molar-refractivity contribution >= 4 is 17.4 Å². The topological polar surface area (TPSA) is 109 Å². The number of carbonyl (C=O) groups excluding carboxylic acids is 2. The molecule has 0 saturated carbocycles. The molecule has 1 atom stereocenters. The third-order valence-corrected chi connectivity index (χ3v) is 4.69. The minimum atomic E-state index is -0.789. The van der Waals surface area contributed by atoms with E-state index in [9.17, 15) is 14.7 Å². The number of hydrogen-bond donors (Lipinski definition) is 2. The molecule has 1 saturated heterocycles. The van der Waals surface area contributed by atoms with Crippen LogP contribution in [0, 0.1) is 0 Å². The van der Waals surface area contributed by atoms with Crippen molar-refractivity contribution in [2.45, 2.75) is 13.0 Å². The molecule has 0 spiro atoms. The van der Waals surface area contributed by atoms with Gasteiger partial charge in [-0.15, -0.1) is 0 Å². The fourth-order valence-electron chi connectivity index (χ4n) is 3.36. The predicted octanol–water partition coefficient (Wildman–Crippen LogP) is 1.91. The lowest BCUT2D eigenvalue weighted by Gasteiger charge is -2.25. The second-order valence-electron chi connectivity index (χ2n) is 6.57. The molecule has 1 aromatic carbocycles. The van der Waals surface area contributed by atoms with Crippen LogP contribution < -0.4 is 4.74 Å². The number of likely N-dealkylation sites (tertiary alicyclic amines) is 1. The van der Waals surface area contributed by atoms with Gasteiger partial charge in [-0.2, -0.15) is 0 Å². The third kappa shape index (κ3) is 4.50. The molecule has 2 N–H and O–H groups in total. The lowest BCUT2D eigenvalue weighted by molar-refractivity contribution is -0.140. The van der Waals surface area contributed by atoms with Crippen molar-refractivity contribution in [3.8, 4) is 5.75 Å². The zero-order valence-electron chi connectivity index (χ0n) is 16.7. The Morgan fingerprint density at radius 3 is 2.57 bits per heavy atom. The monoisotopic (exact) mass is 412 g/mol. The van der Waals surface area contributed by atoms with Gasteiger partial charge in [0.15, 0.2) is 0 Å². The van der Waals surface area contributed by atoms with E-state index in [2.05, 4.69) is 4.98 Å². The van der Waals surface area contributed by atoms with Crippen molar-refractivity contribution in [1.29, 1.82) is 0 Å². The van der Waals surface area contributed by atoms with Crippen molar-refractivity contribution in [2.75, 3.05) is 33.0 Å². The third-order valence-electron chi connectivity index (χ3n) is 4.69. The molecule has 8 nitrogen and oxygen atoms in total. The average Bonchev–Trinajstić information content (AvgIpc) is 3.02. The number of amides is 1. The second-order valence-corrected chi connectivity index (χ2v) is 6.57. The zero-order valence-corrected chi connectivity index (χ0v) is 16.7.